The number of thioether (sulfide) groups is 4. The molecule has 10 nitrogen and oxygen atoms in total. The molecule has 0 bridgehead atoms. The third-order valence-corrected chi connectivity index (χ3v) is 11.9. The molecular formula is C38H56N2O8S6. The van der Waals surface area contributed by atoms with Crippen LogP contribution in [0, 0.1) is 0 Å². The number of hydrogen-bond donors (Lipinski definition) is 8. The van der Waals surface area contributed by atoms with Gasteiger partial charge in [0, 0.05) is 83.3 Å². The van der Waals surface area contributed by atoms with Crippen LogP contribution in [-0.4, -0.2) is 144 Å². The van der Waals surface area contributed by atoms with Crippen LogP contribution >= 0.6 is 72.3 Å². The van der Waals surface area contributed by atoms with Gasteiger partial charge in [0.25, 0.3) is 0 Å². The highest BCUT2D eigenvalue weighted by molar-refractivity contribution is 8.17. The van der Waals surface area contributed by atoms with Crippen molar-refractivity contribution in [2.24, 2.45) is 9.98 Å². The molecule has 3 rings (SSSR count). The Balaban J connectivity index is 0. The summed E-state index contributed by atoms with van der Waals surface area (Å²) in [6.07, 6.45) is 5.00. The maximum atomic E-state index is 10.2. The van der Waals surface area contributed by atoms with Gasteiger partial charge >= 0.3 is 0 Å². The Morgan fingerprint density at radius 3 is 0.981 bits per heavy atom. The lowest BCUT2D eigenvalue weighted by molar-refractivity contribution is 0.109. The minimum Gasteiger partial charge on any atom is -0.396 e. The summed E-state index contributed by atoms with van der Waals surface area (Å²) >= 11 is 14.1. The fourth-order valence-corrected chi connectivity index (χ4v) is 8.56. The molecule has 0 aliphatic heterocycles. The smallest absolute Gasteiger partial charge is 0.150 e. The number of carbonyl (C=O) groups excluding carboxylic acids is 2. The molecule has 16 heteroatoms. The largest absolute Gasteiger partial charge is 0.396 e. The van der Waals surface area contributed by atoms with Crippen molar-refractivity contribution in [1.29, 1.82) is 0 Å². The van der Waals surface area contributed by atoms with Gasteiger partial charge in [-0.2, -0.15) is 25.3 Å². The predicted molar refractivity (Wildman–Crippen MR) is 243 cm³/mol. The maximum Gasteiger partial charge on any atom is 0.150 e. The van der Waals surface area contributed by atoms with Crippen LogP contribution in [0.4, 0.5) is 0 Å². The fraction of sp³-hybridized carbons (Fsp3) is 0.421. The molecule has 0 aliphatic rings. The molecule has 302 valence electrons. The first-order valence-electron chi connectivity index (χ1n) is 16.7. The maximum absolute atomic E-state index is 10.2. The summed E-state index contributed by atoms with van der Waals surface area (Å²) in [5, 5.41) is 52.2. The van der Waals surface area contributed by atoms with E-state index in [9.17, 15) is 9.59 Å². The van der Waals surface area contributed by atoms with Crippen LogP contribution in [0.1, 0.15) is 52.1 Å². The van der Waals surface area contributed by atoms with Crippen molar-refractivity contribution in [2.45, 2.75) is 9.16 Å². The quantitative estimate of drug-likeness (QED) is 0.0310. The van der Waals surface area contributed by atoms with Crippen LogP contribution in [-0.2, 0) is 0 Å². The summed E-state index contributed by atoms with van der Waals surface area (Å²) in [6.45, 7) is 0.887. The van der Waals surface area contributed by atoms with Gasteiger partial charge in [0.2, 0.25) is 0 Å². The lowest BCUT2D eigenvalue weighted by atomic mass is 10.1. The Hall–Kier alpha value is -1.80. The van der Waals surface area contributed by atoms with E-state index in [1.807, 2.05) is 48.8 Å². The SMILES string of the molecule is CN=Cc1ccccc1C=NC.O=Cc1ccccc1C=O.OCCS.OCCS.OCCSC(SCCO)c1ccccc1C(SCCO)SCCO. The van der Waals surface area contributed by atoms with Crippen molar-refractivity contribution in [2.75, 3.05) is 88.3 Å². The Morgan fingerprint density at radius 2 is 0.759 bits per heavy atom. The van der Waals surface area contributed by atoms with Crippen molar-refractivity contribution < 1.29 is 40.2 Å². The number of thiol groups is 2. The number of aliphatic hydroxyl groups excluding tert-OH is 6. The van der Waals surface area contributed by atoms with E-state index in [2.05, 4.69) is 47.4 Å². The van der Waals surface area contributed by atoms with Crippen molar-refractivity contribution in [3.63, 3.8) is 0 Å². The molecule has 0 unspecified atom stereocenters. The van der Waals surface area contributed by atoms with Gasteiger partial charge in [-0.1, -0.05) is 72.8 Å². The van der Waals surface area contributed by atoms with Crippen LogP contribution in [0.2, 0.25) is 0 Å². The Bertz CT molecular complexity index is 1270. The molecule has 0 saturated carbocycles. The number of aliphatic imine (C=N–C) groups is 2. The highest BCUT2D eigenvalue weighted by atomic mass is 32.2. The third kappa shape index (κ3) is 26.9. The van der Waals surface area contributed by atoms with Crippen molar-refractivity contribution in [3.05, 3.63) is 106 Å². The van der Waals surface area contributed by atoms with Crippen molar-refractivity contribution >= 4 is 97.3 Å². The number of nitrogens with zero attached hydrogens (tertiary/aromatic N) is 2. The lowest BCUT2D eigenvalue weighted by Gasteiger charge is -2.24. The van der Waals surface area contributed by atoms with Gasteiger partial charge < -0.3 is 30.6 Å². The van der Waals surface area contributed by atoms with Crippen LogP contribution in [0.15, 0.2) is 82.8 Å². The Kier molecular flexibility index (Phi) is 41.1. The summed E-state index contributed by atoms with van der Waals surface area (Å²) in [5.41, 5.74) is 5.47. The van der Waals surface area contributed by atoms with E-state index in [0.717, 1.165) is 11.1 Å². The van der Waals surface area contributed by atoms with E-state index in [-0.39, 0.29) is 48.8 Å². The second kappa shape index (κ2) is 40.9. The van der Waals surface area contributed by atoms with Crippen LogP contribution in [0.3, 0.4) is 0 Å². The first kappa shape index (κ1) is 54.3. The average molecular weight is 861 g/mol. The number of aldehydes is 2. The second-order valence-electron chi connectivity index (χ2n) is 9.83. The van der Waals surface area contributed by atoms with Crippen LogP contribution in [0.25, 0.3) is 0 Å². The summed E-state index contributed by atoms with van der Waals surface area (Å²) in [5.74, 6) is 3.73. The number of hydrogen-bond acceptors (Lipinski definition) is 16. The molecule has 54 heavy (non-hydrogen) atoms. The third-order valence-electron chi connectivity index (χ3n) is 5.93. The van der Waals surface area contributed by atoms with E-state index >= 15 is 0 Å². The molecule has 0 spiro atoms. The lowest BCUT2D eigenvalue weighted by Crippen LogP contribution is -2.04. The number of rotatable bonds is 20. The van der Waals surface area contributed by atoms with Crippen LogP contribution in [0.5, 0.6) is 0 Å². The van der Waals surface area contributed by atoms with Gasteiger partial charge in [0.1, 0.15) is 0 Å². The highest BCUT2D eigenvalue weighted by Crippen LogP contribution is 2.47. The molecule has 0 saturated heterocycles. The van der Waals surface area contributed by atoms with Crippen LogP contribution < -0.4 is 0 Å². The number of carbonyl (C=O) groups is 2. The van der Waals surface area contributed by atoms with Crippen molar-refractivity contribution in [1.82, 2.24) is 0 Å². The number of aliphatic hydroxyl groups is 6. The number of benzene rings is 3. The minimum atomic E-state index is 0.130. The summed E-state index contributed by atoms with van der Waals surface area (Å²) in [6, 6.07) is 22.9. The predicted octanol–water partition coefficient (Wildman–Crippen LogP) is 5.50. The molecule has 0 amide bonds. The molecule has 3 aromatic rings. The Labute approximate surface area is 349 Å². The second-order valence-corrected chi connectivity index (χ2v) is 16.2. The molecule has 6 N–H and O–H groups in total. The van der Waals surface area contributed by atoms with Gasteiger partial charge in [0.05, 0.1) is 48.8 Å². The molecule has 0 atom stereocenters. The zero-order valence-electron chi connectivity index (χ0n) is 30.8. The van der Waals surface area contributed by atoms with Gasteiger partial charge in [-0.3, -0.25) is 19.6 Å². The van der Waals surface area contributed by atoms with Gasteiger partial charge in [-0.25, -0.2) is 0 Å². The van der Waals surface area contributed by atoms with E-state index in [1.165, 1.54) is 11.1 Å². The molecule has 0 aliphatic carbocycles. The van der Waals surface area contributed by atoms with Crippen molar-refractivity contribution in [3.8, 4) is 0 Å². The van der Waals surface area contributed by atoms with Gasteiger partial charge in [0.15, 0.2) is 12.6 Å². The zero-order valence-corrected chi connectivity index (χ0v) is 35.9. The monoisotopic (exact) mass is 860 g/mol. The molecule has 0 aromatic heterocycles. The zero-order chi connectivity index (χ0) is 40.7. The topological polar surface area (TPSA) is 180 Å². The standard InChI is InChI=1S/C16H26O4S4.C10H12N2.C8H6O2.2C2H6OS/c17-5-9-21-15(22-10-6-18)13-3-1-2-4-14(13)16(23-11-7-19)24-12-8-20;1-11-7-9-5-3-4-6-10(9)8-12-2;9-5-7-3-1-2-4-8(7)6-10;2*3-1-2-4/h1-4,15-20H,5-12H2;3-8H,1-2H3;1-6H;2*3-4H,1-2H2. The summed E-state index contributed by atoms with van der Waals surface area (Å²) in [7, 11) is 3.53. The normalized spacial score (nSPS) is 10.4. The van der Waals surface area contributed by atoms with E-state index < -0.39 is 0 Å². The van der Waals surface area contributed by atoms with Gasteiger partial charge in [-0.05, 0) is 11.1 Å². The van der Waals surface area contributed by atoms with E-state index in [4.69, 9.17) is 30.6 Å². The van der Waals surface area contributed by atoms with E-state index in [0.29, 0.717) is 58.2 Å². The fourth-order valence-electron chi connectivity index (χ4n) is 3.78. The summed E-state index contributed by atoms with van der Waals surface area (Å²) in [4.78, 5) is 28.4. The first-order chi connectivity index (χ1) is 26.4. The van der Waals surface area contributed by atoms with Gasteiger partial charge in [-0.15, -0.1) is 47.0 Å². The average Bonchev–Trinajstić information content (AvgIpc) is 3.22. The molecule has 0 radical (unpaired) electrons. The first-order valence-corrected chi connectivity index (χ1v) is 22.2. The molecule has 0 heterocycles. The molecule has 0 fully saturated rings. The Morgan fingerprint density at radius 1 is 0.500 bits per heavy atom. The molecule has 3 aromatic carbocycles. The summed E-state index contributed by atoms with van der Waals surface area (Å²) < 4.78 is 0.292. The molecular weight excluding hydrogens is 805 g/mol. The minimum absolute atomic E-state index is 0.130. The van der Waals surface area contributed by atoms with E-state index in [1.54, 1.807) is 85.4 Å². The highest BCUT2D eigenvalue weighted by Gasteiger charge is 2.22.